The second-order valence-electron chi connectivity index (χ2n) is 7.79. The molecule has 0 spiro atoms. The summed E-state index contributed by atoms with van der Waals surface area (Å²) in [4.78, 5) is 37.5. The average molecular weight is 498 g/mol. The highest BCUT2D eigenvalue weighted by Crippen LogP contribution is 2.43. The average Bonchev–Trinajstić information content (AvgIpc) is 3.13. The normalized spacial score (nSPS) is 17.3. The van der Waals surface area contributed by atoms with E-state index in [1.807, 2.05) is 0 Å². The van der Waals surface area contributed by atoms with Crippen LogP contribution in [-0.2, 0) is 15.8 Å². The number of rotatable bonds is 5. The molecule has 0 aromatic heterocycles. The monoisotopic (exact) mass is 498 g/mol. The van der Waals surface area contributed by atoms with Crippen molar-refractivity contribution < 1.29 is 37.5 Å². The summed E-state index contributed by atoms with van der Waals surface area (Å²) in [7, 11) is 1.43. The van der Waals surface area contributed by atoms with Gasteiger partial charge in [0.05, 0.1) is 29.2 Å². The molecule has 1 saturated heterocycles. The Morgan fingerprint density at radius 1 is 1.03 bits per heavy atom. The van der Waals surface area contributed by atoms with Crippen LogP contribution in [0.3, 0.4) is 0 Å². The largest absolute Gasteiger partial charge is 0.507 e. The maximum atomic E-state index is 13.4. The highest BCUT2D eigenvalue weighted by atomic mass is 19.4. The number of benzene rings is 3. The van der Waals surface area contributed by atoms with Crippen LogP contribution in [0.15, 0.2) is 78.4 Å². The van der Waals surface area contributed by atoms with E-state index >= 15 is 0 Å². The molecule has 1 atom stereocenters. The zero-order chi connectivity index (χ0) is 26.2. The summed E-state index contributed by atoms with van der Waals surface area (Å²) in [5.74, 6) is -2.38. The topological polar surface area (TPSA) is 110 Å². The van der Waals surface area contributed by atoms with Crippen molar-refractivity contribution in [2.75, 3.05) is 12.0 Å². The van der Waals surface area contributed by atoms with Gasteiger partial charge in [0.2, 0.25) is 0 Å². The highest BCUT2D eigenvalue weighted by Gasteiger charge is 2.47. The van der Waals surface area contributed by atoms with E-state index in [0.717, 1.165) is 35.2 Å². The maximum absolute atomic E-state index is 13.4. The minimum absolute atomic E-state index is 0.157. The molecule has 4 rings (SSSR count). The molecule has 8 nitrogen and oxygen atoms in total. The molecule has 1 amide bonds. The van der Waals surface area contributed by atoms with Crippen LogP contribution in [0.2, 0.25) is 0 Å². The number of nitro benzene ring substituents is 1. The van der Waals surface area contributed by atoms with Crippen LogP contribution in [0.5, 0.6) is 5.75 Å². The predicted molar refractivity (Wildman–Crippen MR) is 122 cm³/mol. The lowest BCUT2D eigenvalue weighted by Gasteiger charge is -2.26. The zero-order valence-corrected chi connectivity index (χ0v) is 18.5. The number of ketones is 1. The van der Waals surface area contributed by atoms with Gasteiger partial charge in [-0.15, -0.1) is 0 Å². The van der Waals surface area contributed by atoms with Crippen molar-refractivity contribution in [1.82, 2.24) is 0 Å². The molecule has 0 bridgehead atoms. The van der Waals surface area contributed by atoms with E-state index in [-0.39, 0.29) is 28.1 Å². The number of nitrogens with zero attached hydrogens (tertiary/aromatic N) is 2. The number of non-ortho nitro benzene ring substituents is 1. The maximum Gasteiger partial charge on any atom is 0.416 e. The van der Waals surface area contributed by atoms with E-state index in [1.165, 1.54) is 49.6 Å². The number of carbonyl (C=O) groups excluding carboxylic acids is 2. The van der Waals surface area contributed by atoms with Crippen LogP contribution in [0.1, 0.15) is 22.7 Å². The number of amides is 1. The van der Waals surface area contributed by atoms with Gasteiger partial charge in [0.25, 0.3) is 17.4 Å². The molecule has 0 saturated carbocycles. The smallest absolute Gasteiger partial charge is 0.416 e. The van der Waals surface area contributed by atoms with Crippen molar-refractivity contribution in [2.45, 2.75) is 12.2 Å². The SMILES string of the molecule is COc1ccc(/C(O)=C2\C(=O)C(=O)N(c3cccc(C(F)(F)F)c3)[C@H]2c2ccc([N+](=O)[O-])cc2)cc1. The first-order valence-electron chi connectivity index (χ1n) is 10.4. The van der Waals surface area contributed by atoms with Gasteiger partial charge < -0.3 is 9.84 Å². The molecule has 11 heteroatoms. The Labute approximate surface area is 202 Å². The van der Waals surface area contributed by atoms with Crippen molar-refractivity contribution in [1.29, 1.82) is 0 Å². The first kappa shape index (κ1) is 24.5. The molecule has 0 unspecified atom stereocenters. The Balaban J connectivity index is 1.93. The van der Waals surface area contributed by atoms with Crippen LogP contribution in [-0.4, -0.2) is 28.8 Å². The molecule has 36 heavy (non-hydrogen) atoms. The third-order valence-electron chi connectivity index (χ3n) is 5.68. The molecule has 1 heterocycles. The number of ether oxygens (including phenoxy) is 1. The van der Waals surface area contributed by atoms with Gasteiger partial charge in [-0.3, -0.25) is 24.6 Å². The second kappa shape index (κ2) is 9.17. The highest BCUT2D eigenvalue weighted by molar-refractivity contribution is 6.51. The molecule has 3 aromatic rings. The van der Waals surface area contributed by atoms with Crippen molar-refractivity contribution in [3.8, 4) is 5.75 Å². The third kappa shape index (κ3) is 4.38. The van der Waals surface area contributed by atoms with Crippen molar-refractivity contribution in [3.63, 3.8) is 0 Å². The minimum atomic E-state index is -4.71. The number of anilines is 1. The standard InChI is InChI=1S/C25H17F3N2O6/c1-36-19-11-7-15(8-12-19)22(31)20-21(14-5-9-17(10-6-14)30(34)35)29(24(33)23(20)32)18-4-2-3-16(13-18)25(26,27)28/h2-13,21,31H,1H3/b22-20+/t21-/m0/s1. The van der Waals surface area contributed by atoms with Gasteiger partial charge in [-0.2, -0.15) is 13.2 Å². The Morgan fingerprint density at radius 3 is 2.22 bits per heavy atom. The lowest BCUT2D eigenvalue weighted by atomic mass is 9.95. The van der Waals surface area contributed by atoms with Gasteiger partial charge in [-0.1, -0.05) is 6.07 Å². The van der Waals surface area contributed by atoms with Crippen molar-refractivity contribution >= 4 is 28.8 Å². The molecule has 3 aromatic carbocycles. The molecule has 1 N–H and O–H groups in total. The van der Waals surface area contributed by atoms with Crippen LogP contribution in [0, 0.1) is 10.1 Å². The molecule has 0 radical (unpaired) electrons. The summed E-state index contributed by atoms with van der Waals surface area (Å²) in [6.45, 7) is 0. The van der Waals surface area contributed by atoms with Crippen molar-refractivity contribution in [3.05, 3.63) is 105 Å². The summed E-state index contributed by atoms with van der Waals surface area (Å²) in [6, 6.07) is 13.2. The van der Waals surface area contributed by atoms with E-state index in [4.69, 9.17) is 4.74 Å². The number of nitro groups is 1. The fraction of sp³-hybridized carbons (Fsp3) is 0.120. The summed E-state index contributed by atoms with van der Waals surface area (Å²) >= 11 is 0. The Kier molecular flexibility index (Phi) is 6.23. The molecular weight excluding hydrogens is 481 g/mol. The second-order valence-corrected chi connectivity index (χ2v) is 7.79. The number of aliphatic hydroxyl groups is 1. The summed E-state index contributed by atoms with van der Waals surface area (Å²) in [6.07, 6.45) is -4.71. The number of hydrogen-bond acceptors (Lipinski definition) is 6. The number of methoxy groups -OCH3 is 1. The van der Waals surface area contributed by atoms with Gasteiger partial charge in [0, 0.05) is 23.4 Å². The molecule has 1 aliphatic heterocycles. The molecule has 1 aliphatic rings. The van der Waals surface area contributed by atoms with Crippen LogP contribution >= 0.6 is 0 Å². The first-order valence-corrected chi connectivity index (χ1v) is 10.4. The number of aliphatic hydroxyl groups excluding tert-OH is 1. The lowest BCUT2D eigenvalue weighted by Crippen LogP contribution is -2.29. The van der Waals surface area contributed by atoms with Crippen LogP contribution in [0.25, 0.3) is 5.76 Å². The summed E-state index contributed by atoms with van der Waals surface area (Å²) in [5, 5.41) is 22.1. The van der Waals surface area contributed by atoms with Crippen molar-refractivity contribution in [2.24, 2.45) is 0 Å². The molecule has 184 valence electrons. The molecular formula is C25H17F3N2O6. The van der Waals surface area contributed by atoms with Crippen LogP contribution < -0.4 is 9.64 Å². The van der Waals surface area contributed by atoms with E-state index in [0.29, 0.717) is 5.75 Å². The van der Waals surface area contributed by atoms with Crippen LogP contribution in [0.4, 0.5) is 24.5 Å². The Hall–Kier alpha value is -4.67. The van der Waals surface area contributed by atoms with E-state index in [1.54, 1.807) is 0 Å². The van der Waals surface area contributed by atoms with E-state index in [9.17, 15) is 38.0 Å². The van der Waals surface area contributed by atoms with Gasteiger partial charge >= 0.3 is 6.18 Å². The minimum Gasteiger partial charge on any atom is -0.507 e. The van der Waals surface area contributed by atoms with Gasteiger partial charge in [-0.05, 0) is 60.2 Å². The fourth-order valence-electron chi connectivity index (χ4n) is 3.93. The number of carbonyl (C=O) groups is 2. The van der Waals surface area contributed by atoms with E-state index < -0.39 is 40.2 Å². The summed E-state index contributed by atoms with van der Waals surface area (Å²) in [5.41, 5.74) is -1.60. The van der Waals surface area contributed by atoms with Gasteiger partial charge in [0.1, 0.15) is 11.5 Å². The number of hydrogen-bond donors (Lipinski definition) is 1. The fourth-order valence-corrected chi connectivity index (χ4v) is 3.93. The molecule has 0 aliphatic carbocycles. The number of Topliss-reactive ketones (excluding diaryl/α,β-unsaturated/α-hetero) is 1. The van der Waals surface area contributed by atoms with Gasteiger partial charge in [-0.25, -0.2) is 0 Å². The molecule has 1 fully saturated rings. The summed E-state index contributed by atoms with van der Waals surface area (Å²) < 4.78 is 45.2. The van der Waals surface area contributed by atoms with Gasteiger partial charge in [0.15, 0.2) is 0 Å². The third-order valence-corrected chi connectivity index (χ3v) is 5.68. The number of alkyl halides is 3. The Bertz CT molecular complexity index is 1380. The van der Waals surface area contributed by atoms with E-state index in [2.05, 4.69) is 0 Å². The Morgan fingerprint density at radius 2 is 1.67 bits per heavy atom. The lowest BCUT2D eigenvalue weighted by molar-refractivity contribution is -0.384. The zero-order valence-electron chi connectivity index (χ0n) is 18.5. The quantitative estimate of drug-likeness (QED) is 0.169. The first-order chi connectivity index (χ1) is 17.0. The number of halogens is 3. The predicted octanol–water partition coefficient (Wildman–Crippen LogP) is 5.25.